The molecule has 0 aromatic heterocycles. The number of aryl methyl sites for hydroxylation is 2. The number of morpholine rings is 1. The van der Waals surface area contributed by atoms with E-state index in [9.17, 15) is 5.11 Å². The van der Waals surface area contributed by atoms with E-state index in [0.717, 1.165) is 69.7 Å². The Balaban J connectivity index is 1.61. The van der Waals surface area contributed by atoms with Crippen molar-refractivity contribution >= 4 is 0 Å². The van der Waals surface area contributed by atoms with Crippen LogP contribution in [0.4, 0.5) is 0 Å². The first-order valence-corrected chi connectivity index (χ1v) is 9.47. The van der Waals surface area contributed by atoms with Crippen LogP contribution < -0.4 is 0 Å². The predicted molar refractivity (Wildman–Crippen MR) is 99.8 cm³/mol. The zero-order valence-corrected chi connectivity index (χ0v) is 14.8. The summed E-state index contributed by atoms with van der Waals surface area (Å²) in [6.07, 6.45) is 3.75. The van der Waals surface area contributed by atoms with Gasteiger partial charge in [-0.3, -0.25) is 4.90 Å². The van der Waals surface area contributed by atoms with Gasteiger partial charge in [0.25, 0.3) is 0 Å². The van der Waals surface area contributed by atoms with Crippen molar-refractivity contribution < 1.29 is 9.84 Å². The van der Waals surface area contributed by atoms with Gasteiger partial charge in [0.1, 0.15) is 5.60 Å². The summed E-state index contributed by atoms with van der Waals surface area (Å²) in [5.74, 6) is 0. The fourth-order valence-electron chi connectivity index (χ4n) is 4.35. The third kappa shape index (κ3) is 3.37. The first kappa shape index (κ1) is 16.8. The van der Waals surface area contributed by atoms with Gasteiger partial charge in [-0.2, -0.15) is 0 Å². The van der Waals surface area contributed by atoms with Crippen LogP contribution >= 0.6 is 0 Å². The predicted octanol–water partition coefficient (Wildman–Crippen LogP) is 3.13. The topological polar surface area (TPSA) is 32.7 Å². The normalized spacial score (nSPS) is 19.7. The molecule has 1 aliphatic heterocycles. The van der Waals surface area contributed by atoms with Gasteiger partial charge in [0.2, 0.25) is 0 Å². The molecule has 4 rings (SSSR count). The molecule has 2 aromatic carbocycles. The zero-order chi connectivity index (χ0) is 17.1. The van der Waals surface area contributed by atoms with Crippen LogP contribution in [0, 0.1) is 0 Å². The molecule has 1 fully saturated rings. The van der Waals surface area contributed by atoms with E-state index < -0.39 is 5.60 Å². The summed E-state index contributed by atoms with van der Waals surface area (Å²) in [5.41, 5.74) is 3.89. The van der Waals surface area contributed by atoms with E-state index in [1.807, 2.05) is 0 Å². The van der Waals surface area contributed by atoms with Gasteiger partial charge in [-0.1, -0.05) is 48.5 Å². The lowest BCUT2D eigenvalue weighted by Crippen LogP contribution is -2.38. The van der Waals surface area contributed by atoms with E-state index >= 15 is 0 Å². The maximum absolute atomic E-state index is 11.8. The van der Waals surface area contributed by atoms with Gasteiger partial charge in [-0.05, 0) is 54.5 Å². The van der Waals surface area contributed by atoms with E-state index in [-0.39, 0.29) is 0 Å². The van der Waals surface area contributed by atoms with Crippen LogP contribution in [0.1, 0.15) is 35.1 Å². The van der Waals surface area contributed by atoms with E-state index in [1.54, 1.807) is 0 Å². The number of hydrogen-bond acceptors (Lipinski definition) is 3. The van der Waals surface area contributed by atoms with Crippen molar-refractivity contribution in [3.05, 3.63) is 70.8 Å². The number of hydrogen-bond donors (Lipinski definition) is 1. The number of ether oxygens (including phenoxy) is 1. The van der Waals surface area contributed by atoms with Gasteiger partial charge >= 0.3 is 0 Å². The Kier molecular flexibility index (Phi) is 4.89. The van der Waals surface area contributed by atoms with Gasteiger partial charge in [-0.15, -0.1) is 0 Å². The van der Waals surface area contributed by atoms with Crippen molar-refractivity contribution in [3.8, 4) is 0 Å². The molecule has 3 nitrogen and oxygen atoms in total. The molecule has 2 aromatic rings. The van der Waals surface area contributed by atoms with Gasteiger partial charge in [0.05, 0.1) is 13.2 Å². The highest BCUT2D eigenvalue weighted by molar-refractivity contribution is 5.47. The monoisotopic (exact) mass is 337 g/mol. The molecule has 132 valence electrons. The van der Waals surface area contributed by atoms with Crippen molar-refractivity contribution in [1.29, 1.82) is 0 Å². The molecule has 1 saturated heterocycles. The number of rotatable bonds is 4. The van der Waals surface area contributed by atoms with Crippen molar-refractivity contribution in [1.82, 2.24) is 4.90 Å². The summed E-state index contributed by atoms with van der Waals surface area (Å²) in [5, 5.41) is 11.8. The first-order chi connectivity index (χ1) is 12.3. The molecule has 0 radical (unpaired) electrons. The van der Waals surface area contributed by atoms with Crippen molar-refractivity contribution in [3.63, 3.8) is 0 Å². The molecule has 25 heavy (non-hydrogen) atoms. The van der Waals surface area contributed by atoms with E-state index in [0.29, 0.717) is 0 Å². The SMILES string of the molecule is OC1(CCCN2CCOCC2)c2ccccc2CCc2ccccc21. The maximum atomic E-state index is 11.8. The Labute approximate surface area is 150 Å². The van der Waals surface area contributed by atoms with Crippen LogP contribution in [0.5, 0.6) is 0 Å². The summed E-state index contributed by atoms with van der Waals surface area (Å²) >= 11 is 0. The average Bonchev–Trinajstić information content (AvgIpc) is 2.79. The fraction of sp³-hybridized carbons (Fsp3) is 0.455. The molecule has 1 heterocycles. The standard InChI is InChI=1S/C22H27NO2/c24-22(12-5-13-23-14-16-25-17-15-23)20-8-3-1-6-18(20)10-11-19-7-2-4-9-21(19)22/h1-4,6-9,24H,5,10-17H2. The smallest absolute Gasteiger partial charge is 0.115 e. The Bertz CT molecular complexity index is 674. The second-order valence-corrected chi connectivity index (χ2v) is 7.23. The van der Waals surface area contributed by atoms with Crippen LogP contribution in [0.3, 0.4) is 0 Å². The van der Waals surface area contributed by atoms with Crippen molar-refractivity contribution in [2.45, 2.75) is 31.3 Å². The molecule has 1 aliphatic carbocycles. The Hall–Kier alpha value is -1.68. The molecule has 0 atom stereocenters. The molecular formula is C22H27NO2. The Morgan fingerprint density at radius 3 is 2.04 bits per heavy atom. The fourth-order valence-corrected chi connectivity index (χ4v) is 4.35. The van der Waals surface area contributed by atoms with E-state index in [4.69, 9.17) is 4.74 Å². The van der Waals surface area contributed by atoms with Gasteiger partial charge in [0, 0.05) is 13.1 Å². The van der Waals surface area contributed by atoms with Gasteiger partial charge in [0.15, 0.2) is 0 Å². The molecule has 0 bridgehead atoms. The zero-order valence-electron chi connectivity index (χ0n) is 14.8. The van der Waals surface area contributed by atoms with E-state index in [1.165, 1.54) is 11.1 Å². The molecule has 2 aliphatic rings. The van der Waals surface area contributed by atoms with E-state index in [2.05, 4.69) is 53.4 Å². The summed E-state index contributed by atoms with van der Waals surface area (Å²) in [7, 11) is 0. The van der Waals surface area contributed by atoms with Crippen molar-refractivity contribution in [2.75, 3.05) is 32.8 Å². The molecule has 1 N–H and O–H groups in total. The summed E-state index contributed by atoms with van der Waals surface area (Å²) in [6, 6.07) is 16.9. The highest BCUT2D eigenvalue weighted by atomic mass is 16.5. The highest BCUT2D eigenvalue weighted by Crippen LogP contribution is 2.40. The number of benzene rings is 2. The summed E-state index contributed by atoms with van der Waals surface area (Å²) in [6.45, 7) is 4.69. The molecular weight excluding hydrogens is 310 g/mol. The molecule has 0 saturated carbocycles. The van der Waals surface area contributed by atoms with Crippen LogP contribution in [0.2, 0.25) is 0 Å². The average molecular weight is 337 g/mol. The van der Waals surface area contributed by atoms with Crippen molar-refractivity contribution in [2.24, 2.45) is 0 Å². The molecule has 0 spiro atoms. The highest BCUT2D eigenvalue weighted by Gasteiger charge is 2.36. The second-order valence-electron chi connectivity index (χ2n) is 7.23. The third-order valence-corrected chi connectivity index (χ3v) is 5.71. The van der Waals surface area contributed by atoms with Gasteiger partial charge in [-0.25, -0.2) is 0 Å². The van der Waals surface area contributed by atoms with Crippen LogP contribution in [-0.2, 0) is 23.2 Å². The Morgan fingerprint density at radius 2 is 1.44 bits per heavy atom. The third-order valence-electron chi connectivity index (χ3n) is 5.71. The van der Waals surface area contributed by atoms with Gasteiger partial charge < -0.3 is 9.84 Å². The lowest BCUT2D eigenvalue weighted by atomic mass is 9.80. The second kappa shape index (κ2) is 7.28. The molecule has 3 heteroatoms. The van der Waals surface area contributed by atoms with Crippen LogP contribution in [0.15, 0.2) is 48.5 Å². The maximum Gasteiger partial charge on any atom is 0.115 e. The molecule has 0 unspecified atom stereocenters. The quantitative estimate of drug-likeness (QED) is 0.930. The largest absolute Gasteiger partial charge is 0.380 e. The number of aliphatic hydroxyl groups is 1. The number of fused-ring (bicyclic) bond motifs is 2. The minimum Gasteiger partial charge on any atom is -0.380 e. The minimum absolute atomic E-state index is 0.762. The summed E-state index contributed by atoms with van der Waals surface area (Å²) in [4.78, 5) is 2.45. The Morgan fingerprint density at radius 1 is 0.880 bits per heavy atom. The first-order valence-electron chi connectivity index (χ1n) is 9.47. The van der Waals surface area contributed by atoms with Crippen LogP contribution in [-0.4, -0.2) is 42.9 Å². The van der Waals surface area contributed by atoms with Crippen LogP contribution in [0.25, 0.3) is 0 Å². The number of nitrogens with zero attached hydrogens (tertiary/aromatic N) is 1. The molecule has 0 amide bonds. The lowest BCUT2D eigenvalue weighted by molar-refractivity contribution is 0.0286. The lowest BCUT2D eigenvalue weighted by Gasteiger charge is -2.33. The minimum atomic E-state index is -0.879. The summed E-state index contributed by atoms with van der Waals surface area (Å²) < 4.78 is 5.43.